The van der Waals surface area contributed by atoms with E-state index in [2.05, 4.69) is 15.1 Å². The molecule has 1 aromatic carbocycles. The van der Waals surface area contributed by atoms with Gasteiger partial charge in [0.25, 0.3) is 0 Å². The second kappa shape index (κ2) is 10.6. The van der Waals surface area contributed by atoms with Crippen molar-refractivity contribution in [1.29, 1.82) is 0 Å². The molecule has 0 spiro atoms. The molecule has 0 aliphatic rings. The molecule has 0 aliphatic carbocycles. The zero-order chi connectivity index (χ0) is 22.1. The monoisotopic (exact) mass is 420 g/mol. The Bertz CT molecular complexity index is 829. The van der Waals surface area contributed by atoms with Gasteiger partial charge in [-0.3, -0.25) is 4.84 Å². The molecule has 10 heteroatoms. The number of carboxylic acids is 1. The molecule has 2 aromatic rings. The number of amides is 1. The van der Waals surface area contributed by atoms with E-state index in [1.807, 2.05) is 43.7 Å². The minimum Gasteiger partial charge on any atom is -0.490 e. The highest BCUT2D eigenvalue weighted by Gasteiger charge is 2.18. The first-order valence-corrected chi connectivity index (χ1v) is 9.48. The van der Waals surface area contributed by atoms with Gasteiger partial charge < -0.3 is 24.5 Å². The normalized spacial score (nSPS) is 12.3. The molecule has 0 fully saturated rings. The van der Waals surface area contributed by atoms with Crippen LogP contribution in [0.15, 0.2) is 36.8 Å². The van der Waals surface area contributed by atoms with Crippen LogP contribution in [0, 0.1) is 0 Å². The second-order valence-corrected chi connectivity index (χ2v) is 7.58. The molecule has 1 atom stereocenters. The highest BCUT2D eigenvalue weighted by Crippen LogP contribution is 2.21. The zero-order valence-corrected chi connectivity index (χ0v) is 17.3. The highest BCUT2D eigenvalue weighted by molar-refractivity contribution is 5.72. The Hall–Kier alpha value is -3.11. The largest absolute Gasteiger partial charge is 0.490 e. The topological polar surface area (TPSA) is 138 Å². The smallest absolute Gasteiger partial charge is 0.407 e. The van der Waals surface area contributed by atoms with Crippen LogP contribution in [0.3, 0.4) is 0 Å². The summed E-state index contributed by atoms with van der Waals surface area (Å²) in [4.78, 5) is 31.2. The minimum atomic E-state index is -1.23. The number of carboxylic acid groups (broad SMARTS) is 1. The molecule has 0 aliphatic heterocycles. The van der Waals surface area contributed by atoms with Crippen molar-refractivity contribution in [2.75, 3.05) is 13.2 Å². The number of aliphatic carboxylic acids is 1. The van der Waals surface area contributed by atoms with Gasteiger partial charge in [0.15, 0.2) is 0 Å². The summed E-state index contributed by atoms with van der Waals surface area (Å²) in [5.41, 5.74) is 1.16. The van der Waals surface area contributed by atoms with Crippen molar-refractivity contribution in [1.82, 2.24) is 14.9 Å². The first-order valence-electron chi connectivity index (χ1n) is 9.48. The van der Waals surface area contributed by atoms with Gasteiger partial charge in [-0.05, 0) is 51.5 Å². The van der Waals surface area contributed by atoms with E-state index in [1.54, 1.807) is 18.5 Å². The molecule has 0 saturated heterocycles. The zero-order valence-electron chi connectivity index (χ0n) is 17.3. The van der Waals surface area contributed by atoms with Crippen molar-refractivity contribution in [3.05, 3.63) is 36.8 Å². The number of aromatic nitrogens is 2. The fraction of sp³-hybridized carbons (Fsp3) is 0.450. The summed E-state index contributed by atoms with van der Waals surface area (Å²) in [5.74, 6) is 4.23. The lowest BCUT2D eigenvalue weighted by Crippen LogP contribution is -2.33. The summed E-state index contributed by atoms with van der Waals surface area (Å²) >= 11 is 0. The summed E-state index contributed by atoms with van der Waals surface area (Å²) in [6.45, 7) is 6.45. The number of benzene rings is 1. The molecule has 2 rings (SSSR count). The minimum absolute atomic E-state index is 0.197. The first-order chi connectivity index (χ1) is 14.2. The van der Waals surface area contributed by atoms with Gasteiger partial charge in [0.05, 0.1) is 12.0 Å². The Kier molecular flexibility index (Phi) is 8.19. The Labute approximate surface area is 174 Å². The molecular formula is C20H28N4O6. The lowest BCUT2D eigenvalue weighted by molar-refractivity contribution is -0.152. The molecule has 30 heavy (non-hydrogen) atoms. The van der Waals surface area contributed by atoms with Crippen LogP contribution in [0.25, 0.3) is 11.3 Å². The van der Waals surface area contributed by atoms with Crippen LogP contribution in [0.5, 0.6) is 5.75 Å². The van der Waals surface area contributed by atoms with E-state index >= 15 is 0 Å². The maximum absolute atomic E-state index is 11.6. The standard InChI is InChI=1S/C20H28N4O6/c1-20(2,3)29-19(27)22-9-4-10-24-11-16(23-13-24)14-5-7-15(8-6-14)28-12-17(30-21)18(25)26/h5-8,11,13,17H,4,9-10,12,21H2,1-3H3,(H,22,27)(H,25,26)/t17-/m0/s1. The van der Waals surface area contributed by atoms with Crippen molar-refractivity contribution in [2.45, 2.75) is 45.4 Å². The third kappa shape index (κ3) is 7.72. The summed E-state index contributed by atoms with van der Waals surface area (Å²) in [6, 6.07) is 7.08. The van der Waals surface area contributed by atoms with Gasteiger partial charge in [-0.1, -0.05) is 0 Å². The molecule has 1 aromatic heterocycles. The van der Waals surface area contributed by atoms with Gasteiger partial charge in [-0.25, -0.2) is 20.5 Å². The number of rotatable bonds is 10. The number of nitrogens with one attached hydrogen (secondary N) is 1. The number of hydrogen-bond donors (Lipinski definition) is 3. The van der Waals surface area contributed by atoms with Crippen LogP contribution in [0.2, 0.25) is 0 Å². The molecule has 10 nitrogen and oxygen atoms in total. The van der Waals surface area contributed by atoms with E-state index in [-0.39, 0.29) is 6.61 Å². The first kappa shape index (κ1) is 23.2. The Morgan fingerprint density at radius 3 is 2.57 bits per heavy atom. The third-order valence-electron chi connectivity index (χ3n) is 3.89. The fourth-order valence-electron chi connectivity index (χ4n) is 2.46. The van der Waals surface area contributed by atoms with E-state index in [1.165, 1.54) is 0 Å². The SMILES string of the molecule is CC(C)(C)OC(=O)NCCCn1cnc(-c2ccc(OC[C@H](ON)C(=O)O)cc2)c1. The van der Waals surface area contributed by atoms with Gasteiger partial charge in [-0.2, -0.15) is 0 Å². The number of imidazole rings is 1. The number of ether oxygens (including phenoxy) is 2. The van der Waals surface area contributed by atoms with Gasteiger partial charge >= 0.3 is 12.1 Å². The number of hydrogen-bond acceptors (Lipinski definition) is 7. The summed E-state index contributed by atoms with van der Waals surface area (Å²) in [7, 11) is 0. The van der Waals surface area contributed by atoms with Crippen molar-refractivity contribution in [2.24, 2.45) is 5.90 Å². The summed E-state index contributed by atoms with van der Waals surface area (Å²) in [6.07, 6.45) is 2.71. The number of nitrogens with two attached hydrogens (primary N) is 1. The molecular weight excluding hydrogens is 392 g/mol. The third-order valence-corrected chi connectivity index (χ3v) is 3.89. The van der Waals surface area contributed by atoms with Gasteiger partial charge in [-0.15, -0.1) is 0 Å². The average molecular weight is 420 g/mol. The number of carbonyl (C=O) groups excluding carboxylic acids is 1. The number of aryl methyl sites for hydroxylation is 1. The molecule has 4 N–H and O–H groups in total. The molecule has 1 heterocycles. The number of alkyl carbamates (subject to hydrolysis) is 1. The van der Waals surface area contributed by atoms with Crippen molar-refractivity contribution < 1.29 is 29.0 Å². The van der Waals surface area contributed by atoms with Gasteiger partial charge in [0, 0.05) is 24.8 Å². The van der Waals surface area contributed by atoms with E-state index in [0.29, 0.717) is 18.8 Å². The molecule has 0 unspecified atom stereocenters. The number of nitrogens with zero attached hydrogens (tertiary/aromatic N) is 2. The molecule has 164 valence electrons. The Morgan fingerprint density at radius 1 is 1.27 bits per heavy atom. The van der Waals surface area contributed by atoms with Crippen LogP contribution in [-0.4, -0.2) is 51.6 Å². The Morgan fingerprint density at radius 2 is 1.97 bits per heavy atom. The van der Waals surface area contributed by atoms with Gasteiger partial charge in [0.2, 0.25) is 6.10 Å². The number of carbonyl (C=O) groups is 2. The maximum Gasteiger partial charge on any atom is 0.407 e. The van der Waals surface area contributed by atoms with Crippen LogP contribution >= 0.6 is 0 Å². The van der Waals surface area contributed by atoms with E-state index in [9.17, 15) is 9.59 Å². The lowest BCUT2D eigenvalue weighted by atomic mass is 10.1. The van der Waals surface area contributed by atoms with Crippen molar-refractivity contribution in [3.8, 4) is 17.0 Å². The van der Waals surface area contributed by atoms with Crippen LogP contribution in [0.4, 0.5) is 4.79 Å². The van der Waals surface area contributed by atoms with Crippen LogP contribution in [0.1, 0.15) is 27.2 Å². The molecule has 1 amide bonds. The van der Waals surface area contributed by atoms with E-state index in [4.69, 9.17) is 20.5 Å². The summed E-state index contributed by atoms with van der Waals surface area (Å²) < 4.78 is 12.5. The van der Waals surface area contributed by atoms with Gasteiger partial charge in [0.1, 0.15) is 18.0 Å². The Balaban J connectivity index is 1.80. The quantitative estimate of drug-likeness (QED) is 0.393. The second-order valence-electron chi connectivity index (χ2n) is 7.58. The van der Waals surface area contributed by atoms with Crippen molar-refractivity contribution in [3.63, 3.8) is 0 Å². The average Bonchev–Trinajstić information content (AvgIpc) is 3.13. The molecule has 0 radical (unpaired) electrons. The van der Waals surface area contributed by atoms with E-state index < -0.39 is 23.8 Å². The lowest BCUT2D eigenvalue weighted by Gasteiger charge is -2.19. The van der Waals surface area contributed by atoms with Crippen LogP contribution < -0.4 is 16.0 Å². The predicted octanol–water partition coefficient (Wildman–Crippen LogP) is 2.19. The summed E-state index contributed by atoms with van der Waals surface area (Å²) in [5, 5.41) is 11.6. The highest BCUT2D eigenvalue weighted by atomic mass is 16.6. The fourth-order valence-corrected chi connectivity index (χ4v) is 2.46. The molecule has 0 saturated carbocycles. The molecule has 0 bridgehead atoms. The maximum atomic E-state index is 11.6. The van der Waals surface area contributed by atoms with Crippen LogP contribution in [-0.2, 0) is 20.9 Å². The predicted molar refractivity (Wildman–Crippen MR) is 109 cm³/mol. The van der Waals surface area contributed by atoms with Crippen molar-refractivity contribution >= 4 is 12.1 Å². The van der Waals surface area contributed by atoms with E-state index in [0.717, 1.165) is 17.7 Å².